The summed E-state index contributed by atoms with van der Waals surface area (Å²) >= 11 is 0. The molecule has 1 aliphatic rings. The fraction of sp³-hybridized carbons (Fsp3) is 0.273. The number of anilines is 2. The van der Waals surface area contributed by atoms with Crippen molar-refractivity contribution >= 4 is 17.5 Å². The van der Waals surface area contributed by atoms with Crippen molar-refractivity contribution in [3.8, 4) is 22.8 Å². The van der Waals surface area contributed by atoms with E-state index < -0.39 is 29.7 Å². The summed E-state index contributed by atoms with van der Waals surface area (Å²) in [6.45, 7) is 0.967. The SMILES string of the molecule is Cc1c(Nc2nccc(-c3cccc(-c4cc([C@@]5(O)C(=O)N(C)CC5(F)F)on4)n3)n2)cnn1C. The number of likely N-dealkylation sites (tertiary alicyclic amines) is 1. The molecule has 0 unspecified atom stereocenters. The quantitative estimate of drug-likeness (QED) is 0.439. The third-order valence-corrected chi connectivity index (χ3v) is 5.90. The van der Waals surface area contributed by atoms with Crippen LogP contribution in [0.15, 0.2) is 47.2 Å². The van der Waals surface area contributed by atoms with E-state index in [0.717, 1.165) is 22.3 Å². The van der Waals surface area contributed by atoms with Crippen LogP contribution in [0.3, 0.4) is 0 Å². The van der Waals surface area contributed by atoms with Gasteiger partial charge in [0, 0.05) is 26.4 Å². The van der Waals surface area contributed by atoms with E-state index in [9.17, 15) is 18.7 Å². The molecular formula is C22H20F2N8O3. The Hall–Kier alpha value is -4.26. The van der Waals surface area contributed by atoms with Crippen molar-refractivity contribution in [1.82, 2.24) is 34.8 Å². The third-order valence-electron chi connectivity index (χ3n) is 5.90. The zero-order valence-corrected chi connectivity index (χ0v) is 18.9. The summed E-state index contributed by atoms with van der Waals surface area (Å²) in [5.74, 6) is -5.24. The molecule has 2 N–H and O–H groups in total. The Morgan fingerprint density at radius 1 is 1.11 bits per heavy atom. The van der Waals surface area contributed by atoms with Gasteiger partial charge in [0.25, 0.3) is 11.5 Å². The molecule has 35 heavy (non-hydrogen) atoms. The van der Waals surface area contributed by atoms with E-state index in [0.29, 0.717) is 17.3 Å². The lowest BCUT2D eigenvalue weighted by Crippen LogP contribution is -2.46. The Morgan fingerprint density at radius 3 is 2.49 bits per heavy atom. The molecule has 0 bridgehead atoms. The van der Waals surface area contributed by atoms with Crippen molar-refractivity contribution in [3.05, 3.63) is 54.2 Å². The van der Waals surface area contributed by atoms with Gasteiger partial charge in [-0.1, -0.05) is 11.2 Å². The number of hydrogen-bond donors (Lipinski definition) is 2. The van der Waals surface area contributed by atoms with Crippen molar-refractivity contribution in [2.75, 3.05) is 18.9 Å². The molecule has 5 rings (SSSR count). The zero-order valence-electron chi connectivity index (χ0n) is 18.9. The maximum absolute atomic E-state index is 14.5. The summed E-state index contributed by atoms with van der Waals surface area (Å²) in [4.78, 5) is 26.2. The number of aliphatic hydroxyl groups is 1. The molecule has 0 saturated carbocycles. The minimum atomic E-state index is -3.75. The molecule has 1 saturated heterocycles. The Kier molecular flexibility index (Phi) is 5.09. The topological polar surface area (TPSA) is 135 Å². The lowest BCUT2D eigenvalue weighted by atomic mass is 9.95. The number of nitrogens with one attached hydrogen (secondary N) is 1. The van der Waals surface area contributed by atoms with Gasteiger partial charge >= 0.3 is 5.92 Å². The van der Waals surface area contributed by atoms with Gasteiger partial charge in [-0.3, -0.25) is 9.48 Å². The molecule has 13 heteroatoms. The van der Waals surface area contributed by atoms with E-state index >= 15 is 0 Å². The van der Waals surface area contributed by atoms with Crippen LogP contribution in [-0.4, -0.2) is 65.3 Å². The van der Waals surface area contributed by atoms with Crippen LogP contribution in [0, 0.1) is 6.92 Å². The summed E-state index contributed by atoms with van der Waals surface area (Å²) in [5, 5.41) is 21.6. The Morgan fingerprint density at radius 2 is 1.83 bits per heavy atom. The van der Waals surface area contributed by atoms with Crippen LogP contribution in [0.2, 0.25) is 0 Å². The molecule has 5 heterocycles. The fourth-order valence-electron chi connectivity index (χ4n) is 3.79. The highest BCUT2D eigenvalue weighted by atomic mass is 19.3. The van der Waals surface area contributed by atoms with E-state index in [2.05, 4.69) is 30.5 Å². The number of likely N-dealkylation sites (N-methyl/N-ethyl adjacent to an activating group) is 1. The highest BCUT2D eigenvalue weighted by Gasteiger charge is 2.68. The molecule has 1 aliphatic heterocycles. The second kappa shape index (κ2) is 7.91. The minimum Gasteiger partial charge on any atom is -0.368 e. The predicted octanol–water partition coefficient (Wildman–Crippen LogP) is 2.27. The monoisotopic (exact) mass is 482 g/mol. The number of carbonyl (C=O) groups excluding carboxylic acids is 1. The van der Waals surface area contributed by atoms with Gasteiger partial charge in [0.2, 0.25) is 5.95 Å². The van der Waals surface area contributed by atoms with Crippen LogP contribution < -0.4 is 5.32 Å². The number of aromatic nitrogens is 6. The van der Waals surface area contributed by atoms with Crippen LogP contribution >= 0.6 is 0 Å². The second-order valence-corrected chi connectivity index (χ2v) is 8.22. The average Bonchev–Trinajstić information content (AvgIpc) is 3.50. The zero-order chi connectivity index (χ0) is 25.0. The number of pyridine rings is 1. The van der Waals surface area contributed by atoms with E-state index in [4.69, 9.17) is 4.52 Å². The van der Waals surface area contributed by atoms with Crippen LogP contribution in [-0.2, 0) is 17.4 Å². The van der Waals surface area contributed by atoms with Crippen LogP contribution in [0.4, 0.5) is 20.4 Å². The maximum atomic E-state index is 14.5. The molecule has 1 amide bonds. The number of halogens is 2. The van der Waals surface area contributed by atoms with Crippen LogP contribution in [0.1, 0.15) is 11.5 Å². The number of amides is 1. The summed E-state index contributed by atoms with van der Waals surface area (Å²) in [6, 6.07) is 7.75. The van der Waals surface area contributed by atoms with Crippen LogP contribution in [0.25, 0.3) is 22.8 Å². The first kappa shape index (κ1) is 22.5. The maximum Gasteiger partial charge on any atom is 0.309 e. The van der Waals surface area contributed by atoms with Gasteiger partial charge in [0.1, 0.15) is 5.69 Å². The first-order valence-electron chi connectivity index (χ1n) is 10.5. The van der Waals surface area contributed by atoms with E-state index in [-0.39, 0.29) is 11.4 Å². The van der Waals surface area contributed by atoms with Gasteiger partial charge in [0.05, 0.1) is 41.2 Å². The molecule has 0 spiro atoms. The highest BCUT2D eigenvalue weighted by Crippen LogP contribution is 2.45. The Balaban J connectivity index is 1.45. The summed E-state index contributed by atoms with van der Waals surface area (Å²) in [7, 11) is 3.00. The van der Waals surface area contributed by atoms with E-state index in [1.807, 2.05) is 14.0 Å². The highest BCUT2D eigenvalue weighted by molar-refractivity contribution is 5.89. The Bertz CT molecular complexity index is 1440. The molecule has 180 valence electrons. The van der Waals surface area contributed by atoms with E-state index in [1.54, 1.807) is 41.3 Å². The number of aryl methyl sites for hydroxylation is 1. The number of hydrogen-bond acceptors (Lipinski definition) is 9. The number of carbonyl (C=O) groups is 1. The van der Waals surface area contributed by atoms with Gasteiger partial charge in [-0.25, -0.2) is 23.7 Å². The lowest BCUT2D eigenvalue weighted by Gasteiger charge is -2.22. The lowest BCUT2D eigenvalue weighted by molar-refractivity contribution is -0.179. The number of alkyl halides is 2. The summed E-state index contributed by atoms with van der Waals surface area (Å²) < 4.78 is 35.6. The van der Waals surface area contributed by atoms with Crippen molar-refractivity contribution in [2.24, 2.45) is 7.05 Å². The van der Waals surface area contributed by atoms with Gasteiger partial charge in [0.15, 0.2) is 5.76 Å². The largest absolute Gasteiger partial charge is 0.368 e. The fourth-order valence-corrected chi connectivity index (χ4v) is 3.79. The minimum absolute atomic E-state index is 0.0758. The molecule has 1 fully saturated rings. The first-order valence-corrected chi connectivity index (χ1v) is 10.5. The number of nitrogens with zero attached hydrogens (tertiary/aromatic N) is 7. The molecule has 1 atom stereocenters. The average molecular weight is 482 g/mol. The molecule has 0 radical (unpaired) electrons. The van der Waals surface area contributed by atoms with Crippen molar-refractivity contribution in [2.45, 2.75) is 18.4 Å². The van der Waals surface area contributed by atoms with Gasteiger partial charge < -0.3 is 19.8 Å². The molecule has 0 aliphatic carbocycles. The van der Waals surface area contributed by atoms with Crippen molar-refractivity contribution in [3.63, 3.8) is 0 Å². The molecule has 4 aromatic heterocycles. The second-order valence-electron chi connectivity index (χ2n) is 8.22. The summed E-state index contributed by atoms with van der Waals surface area (Å²) in [6.07, 6.45) is 3.23. The standard InChI is InChI=1S/C22H20F2N8O3/c1-12-17(10-26-32(12)3)29-20-25-8-7-15(28-20)13-5-4-6-14(27-13)16-9-18(35-30-16)22(34)19(33)31(2)11-21(22,23)24/h4-10,34H,11H2,1-3H3,(H,25,28,29)/t22-/m1/s1. The molecule has 11 nitrogen and oxygen atoms in total. The number of rotatable bonds is 5. The Labute approximate surface area is 197 Å². The summed E-state index contributed by atoms with van der Waals surface area (Å²) in [5.41, 5.74) is -0.175. The third kappa shape index (κ3) is 3.60. The van der Waals surface area contributed by atoms with Crippen LogP contribution in [0.5, 0.6) is 0 Å². The smallest absolute Gasteiger partial charge is 0.309 e. The molecule has 0 aromatic carbocycles. The first-order chi connectivity index (χ1) is 16.6. The van der Waals surface area contributed by atoms with Gasteiger partial charge in [-0.2, -0.15) is 5.10 Å². The molecule has 4 aromatic rings. The normalized spacial score (nSPS) is 19.4. The van der Waals surface area contributed by atoms with Gasteiger partial charge in [-0.05, 0) is 25.1 Å². The predicted molar refractivity (Wildman–Crippen MR) is 118 cm³/mol. The van der Waals surface area contributed by atoms with Crippen molar-refractivity contribution in [1.29, 1.82) is 0 Å². The van der Waals surface area contributed by atoms with Crippen molar-refractivity contribution < 1.29 is 23.2 Å². The molecular weight excluding hydrogens is 462 g/mol. The van der Waals surface area contributed by atoms with Gasteiger partial charge in [-0.15, -0.1) is 0 Å². The van der Waals surface area contributed by atoms with E-state index in [1.165, 1.54) is 7.05 Å².